The zero-order valence-electron chi connectivity index (χ0n) is 37.2. The molecule has 0 amide bonds. The maximum absolute atomic E-state index is 5.62. The number of hydrogen-bond donors (Lipinski definition) is 0. The molecule has 19 nitrogen and oxygen atoms in total. The normalized spacial score (nSPS) is 17.1. The molecule has 61 heavy (non-hydrogen) atoms. The molecule has 19 heteroatoms. The van der Waals surface area contributed by atoms with Gasteiger partial charge in [0.1, 0.15) is 0 Å². The van der Waals surface area contributed by atoms with Gasteiger partial charge in [0, 0.05) is 13.2 Å². The van der Waals surface area contributed by atoms with Crippen LogP contribution in [-0.4, -0.2) is 237 Å². The minimum atomic E-state index is -0.0706. The average Bonchev–Trinajstić information content (AvgIpc) is 3.29. The van der Waals surface area contributed by atoms with Gasteiger partial charge in [-0.05, 0) is 38.5 Å². The van der Waals surface area contributed by atoms with Gasteiger partial charge < -0.3 is 90.0 Å². The van der Waals surface area contributed by atoms with E-state index in [4.69, 9.17) is 90.0 Å². The van der Waals surface area contributed by atoms with Crippen LogP contribution in [0.2, 0.25) is 0 Å². The van der Waals surface area contributed by atoms with Gasteiger partial charge in [-0.15, -0.1) is 0 Å². The summed E-state index contributed by atoms with van der Waals surface area (Å²) >= 11 is 0. The van der Waals surface area contributed by atoms with Crippen LogP contribution in [0.25, 0.3) is 0 Å². The summed E-state index contributed by atoms with van der Waals surface area (Å²) in [6, 6.07) is 0. The first-order valence-electron chi connectivity index (χ1n) is 22.6. The monoisotopic (exact) mass is 891 g/mol. The van der Waals surface area contributed by atoms with Crippen LogP contribution in [0, 0.1) is 0 Å². The third-order valence-corrected chi connectivity index (χ3v) is 8.55. The van der Waals surface area contributed by atoms with Gasteiger partial charge in [0.2, 0.25) is 0 Å². The summed E-state index contributed by atoms with van der Waals surface area (Å²) in [5.41, 5.74) is 0. The van der Waals surface area contributed by atoms with Crippen LogP contribution in [0.1, 0.15) is 38.5 Å². The molecule has 0 aromatic rings. The van der Waals surface area contributed by atoms with Crippen LogP contribution in [0.3, 0.4) is 0 Å². The first-order chi connectivity index (χ1) is 30.4. The van der Waals surface area contributed by atoms with Gasteiger partial charge >= 0.3 is 0 Å². The molecule has 2 rings (SSSR count). The zero-order valence-corrected chi connectivity index (χ0v) is 37.2. The summed E-state index contributed by atoms with van der Waals surface area (Å²) in [5, 5.41) is 0. The molecule has 2 aliphatic rings. The molecule has 0 unspecified atom stereocenters. The molecule has 0 bridgehead atoms. The van der Waals surface area contributed by atoms with Crippen molar-refractivity contribution in [2.75, 3.05) is 225 Å². The zero-order chi connectivity index (χ0) is 42.9. The topological polar surface area (TPSA) is 175 Å². The van der Waals surface area contributed by atoms with E-state index in [9.17, 15) is 0 Å². The molecule has 364 valence electrons. The first-order valence-corrected chi connectivity index (χ1v) is 22.6. The Labute approximate surface area is 365 Å². The average molecular weight is 891 g/mol. The second-order valence-electron chi connectivity index (χ2n) is 13.5. The van der Waals surface area contributed by atoms with Crippen LogP contribution in [-0.2, 0) is 90.0 Å². The summed E-state index contributed by atoms with van der Waals surface area (Å²) in [5.74, 6) is 0. The molecule has 2 heterocycles. The lowest BCUT2D eigenvalue weighted by molar-refractivity contribution is -0.169. The van der Waals surface area contributed by atoms with E-state index in [1.54, 1.807) is 0 Å². The highest BCUT2D eigenvalue weighted by atomic mass is 16.7. The molecular formula is C42H82O19. The summed E-state index contributed by atoms with van der Waals surface area (Å²) in [4.78, 5) is 0. The Bertz CT molecular complexity index is 761. The van der Waals surface area contributed by atoms with Crippen molar-refractivity contribution in [1.82, 2.24) is 0 Å². The van der Waals surface area contributed by atoms with Gasteiger partial charge in [-0.1, -0.05) is 0 Å². The van der Waals surface area contributed by atoms with Crippen molar-refractivity contribution in [3.63, 3.8) is 0 Å². The lowest BCUT2D eigenvalue weighted by Crippen LogP contribution is -2.24. The minimum Gasteiger partial charge on any atom is -0.377 e. The van der Waals surface area contributed by atoms with Crippen LogP contribution in [0.4, 0.5) is 0 Å². The molecule has 2 saturated heterocycles. The fraction of sp³-hybridized carbons (Fsp3) is 1.00. The Balaban J connectivity index is 1.09. The summed E-state index contributed by atoms with van der Waals surface area (Å²) < 4.78 is 105. The fourth-order valence-electron chi connectivity index (χ4n) is 5.34. The Morgan fingerprint density at radius 3 is 0.525 bits per heavy atom. The largest absolute Gasteiger partial charge is 0.377 e. The Morgan fingerprint density at radius 1 is 0.213 bits per heavy atom. The molecular weight excluding hydrogens is 808 g/mol. The molecule has 0 spiro atoms. The lowest BCUT2D eigenvalue weighted by Gasteiger charge is -2.22. The van der Waals surface area contributed by atoms with E-state index >= 15 is 0 Å². The van der Waals surface area contributed by atoms with Crippen LogP contribution in [0.5, 0.6) is 0 Å². The molecule has 2 fully saturated rings. The molecule has 0 aliphatic carbocycles. The van der Waals surface area contributed by atoms with E-state index in [0.29, 0.717) is 211 Å². The van der Waals surface area contributed by atoms with Crippen molar-refractivity contribution < 1.29 is 90.0 Å². The molecule has 2 atom stereocenters. The molecule has 0 N–H and O–H groups in total. The van der Waals surface area contributed by atoms with Crippen molar-refractivity contribution in [2.24, 2.45) is 0 Å². The van der Waals surface area contributed by atoms with Gasteiger partial charge in [-0.25, -0.2) is 0 Å². The van der Waals surface area contributed by atoms with Crippen molar-refractivity contribution in [3.8, 4) is 0 Å². The summed E-state index contributed by atoms with van der Waals surface area (Å²) in [7, 11) is 0. The van der Waals surface area contributed by atoms with Crippen LogP contribution >= 0.6 is 0 Å². The second-order valence-corrected chi connectivity index (χ2v) is 13.5. The van der Waals surface area contributed by atoms with Gasteiger partial charge in [0.25, 0.3) is 0 Å². The third-order valence-electron chi connectivity index (χ3n) is 8.55. The minimum absolute atomic E-state index is 0.0706. The maximum atomic E-state index is 5.62. The number of rotatable bonds is 50. The van der Waals surface area contributed by atoms with E-state index in [-0.39, 0.29) is 12.6 Å². The Hall–Kier alpha value is -0.760. The molecule has 0 aromatic carbocycles. The SMILES string of the molecule is C1CC[C@@H](OCCOCCOCCOCCOCCOCCOCCOCCOCCOCCOCCOCCOCCOCCOCCOCCO[C@H]2CCCCO2)OC1. The highest BCUT2D eigenvalue weighted by molar-refractivity contribution is 4.55. The number of hydrogen-bond acceptors (Lipinski definition) is 19. The van der Waals surface area contributed by atoms with Gasteiger partial charge in [-0.2, -0.15) is 0 Å². The molecule has 2 aliphatic heterocycles. The maximum Gasteiger partial charge on any atom is 0.157 e. The fourth-order valence-corrected chi connectivity index (χ4v) is 5.34. The van der Waals surface area contributed by atoms with E-state index in [1.807, 2.05) is 0 Å². The smallest absolute Gasteiger partial charge is 0.157 e. The van der Waals surface area contributed by atoms with Crippen molar-refractivity contribution >= 4 is 0 Å². The van der Waals surface area contributed by atoms with Crippen molar-refractivity contribution in [2.45, 2.75) is 51.1 Å². The molecule has 0 saturated carbocycles. The van der Waals surface area contributed by atoms with Gasteiger partial charge in [-0.3, -0.25) is 0 Å². The van der Waals surface area contributed by atoms with Crippen LogP contribution < -0.4 is 0 Å². The predicted octanol–water partition coefficient (Wildman–Crippen LogP) is 2.32. The highest BCUT2D eigenvalue weighted by Crippen LogP contribution is 2.14. The van der Waals surface area contributed by atoms with Crippen molar-refractivity contribution in [1.29, 1.82) is 0 Å². The summed E-state index contributed by atoms with van der Waals surface area (Å²) in [6.45, 7) is 18.0. The highest BCUT2D eigenvalue weighted by Gasteiger charge is 2.14. The second kappa shape index (κ2) is 48.7. The number of ether oxygens (including phenoxy) is 19. The lowest BCUT2D eigenvalue weighted by atomic mass is 10.2. The quantitative estimate of drug-likeness (QED) is 0.0814. The Kier molecular flexibility index (Phi) is 45.0. The van der Waals surface area contributed by atoms with E-state index in [2.05, 4.69) is 0 Å². The standard InChI is InChI=1S/C42H82O19/c1-3-7-58-41(5-1)60-39-37-56-35-33-54-31-29-52-27-25-50-23-21-48-19-17-46-15-13-44-11-9-43-10-12-45-14-16-47-18-20-49-22-24-51-26-28-53-30-32-55-34-36-57-38-40-61-42-6-2-4-8-59-42/h41-42H,1-40H2/t41-,42+. The first kappa shape index (κ1) is 56.4. The van der Waals surface area contributed by atoms with Gasteiger partial charge in [0.05, 0.1) is 211 Å². The van der Waals surface area contributed by atoms with E-state index < -0.39 is 0 Å². The predicted molar refractivity (Wildman–Crippen MR) is 221 cm³/mol. The summed E-state index contributed by atoms with van der Waals surface area (Å²) in [6.07, 6.45) is 6.35. The molecule has 0 aromatic heterocycles. The third kappa shape index (κ3) is 42.9. The molecule has 0 radical (unpaired) electrons. The van der Waals surface area contributed by atoms with Crippen LogP contribution in [0.15, 0.2) is 0 Å². The van der Waals surface area contributed by atoms with E-state index in [0.717, 1.165) is 51.7 Å². The van der Waals surface area contributed by atoms with Gasteiger partial charge in [0.15, 0.2) is 12.6 Å². The van der Waals surface area contributed by atoms with E-state index in [1.165, 1.54) is 0 Å². The Morgan fingerprint density at radius 2 is 0.377 bits per heavy atom. The van der Waals surface area contributed by atoms with Crippen molar-refractivity contribution in [3.05, 3.63) is 0 Å².